The van der Waals surface area contributed by atoms with Crippen LogP contribution in [0.25, 0.3) is 0 Å². The zero-order valence-electron chi connectivity index (χ0n) is 14.3. The summed E-state index contributed by atoms with van der Waals surface area (Å²) >= 11 is 0. The van der Waals surface area contributed by atoms with Gasteiger partial charge in [0.2, 0.25) is 5.91 Å². The summed E-state index contributed by atoms with van der Waals surface area (Å²) in [6, 6.07) is 8.54. The Balaban J connectivity index is 1.67. The van der Waals surface area contributed by atoms with Crippen molar-refractivity contribution in [3.8, 4) is 0 Å². The first kappa shape index (κ1) is 17.2. The van der Waals surface area contributed by atoms with E-state index in [4.69, 9.17) is 10.5 Å². The summed E-state index contributed by atoms with van der Waals surface area (Å²) in [5.74, 6) is -0.163. The quantitative estimate of drug-likeness (QED) is 0.657. The molecule has 1 heterocycles. The molecule has 0 spiro atoms. The number of carbonyl (C=O) groups is 2. The van der Waals surface area contributed by atoms with Gasteiger partial charge in [-0.1, -0.05) is 37.3 Å². The molecule has 132 valence electrons. The topological polar surface area (TPSA) is 85.0 Å². The van der Waals surface area contributed by atoms with Crippen molar-refractivity contribution in [3.63, 3.8) is 0 Å². The van der Waals surface area contributed by atoms with Gasteiger partial charge in [0.1, 0.15) is 11.8 Å². The fourth-order valence-electron chi connectivity index (χ4n) is 3.18. The van der Waals surface area contributed by atoms with Crippen molar-refractivity contribution in [3.05, 3.63) is 42.5 Å². The van der Waals surface area contributed by atoms with Gasteiger partial charge in [-0.3, -0.25) is 9.80 Å². The van der Waals surface area contributed by atoms with Crippen LogP contribution in [0.15, 0.2) is 47.6 Å². The van der Waals surface area contributed by atoms with Gasteiger partial charge >= 0.3 is 5.97 Å². The molecule has 0 saturated carbocycles. The van der Waals surface area contributed by atoms with Gasteiger partial charge in [-0.25, -0.2) is 4.79 Å². The van der Waals surface area contributed by atoms with E-state index in [-0.39, 0.29) is 12.1 Å². The largest absolute Gasteiger partial charge is 0.461 e. The molecule has 3 atom stereocenters. The number of allylic oxidation sites excluding steroid dienone is 2. The van der Waals surface area contributed by atoms with Crippen LogP contribution in [0.3, 0.4) is 0 Å². The molecule has 0 unspecified atom stereocenters. The van der Waals surface area contributed by atoms with Crippen molar-refractivity contribution in [1.82, 2.24) is 0 Å². The molecule has 25 heavy (non-hydrogen) atoms. The molecular weight excluding hydrogens is 318 g/mol. The van der Waals surface area contributed by atoms with E-state index < -0.39 is 17.9 Å². The number of primary amides is 1. The third-order valence-corrected chi connectivity index (χ3v) is 4.84. The predicted molar refractivity (Wildman–Crippen MR) is 95.9 cm³/mol. The number of hydrazone groups is 1. The number of nitrogens with two attached hydrogens (primary N) is 1. The van der Waals surface area contributed by atoms with Gasteiger partial charge in [-0.2, -0.15) is 5.10 Å². The lowest BCUT2D eigenvalue weighted by molar-refractivity contribution is -0.137. The molecule has 0 radical (unpaired) electrons. The minimum absolute atomic E-state index is 0.170. The van der Waals surface area contributed by atoms with Crippen LogP contribution in [0.2, 0.25) is 0 Å². The summed E-state index contributed by atoms with van der Waals surface area (Å²) < 4.78 is 5.47. The second-order valence-electron chi connectivity index (χ2n) is 6.63. The average molecular weight is 341 g/mol. The monoisotopic (exact) mass is 341 g/mol. The van der Waals surface area contributed by atoms with Crippen molar-refractivity contribution in [2.75, 3.05) is 11.6 Å². The maximum atomic E-state index is 12.4. The van der Waals surface area contributed by atoms with Crippen LogP contribution in [0.1, 0.15) is 26.2 Å². The molecule has 6 nitrogen and oxygen atoms in total. The van der Waals surface area contributed by atoms with Crippen molar-refractivity contribution in [1.29, 1.82) is 0 Å². The molecule has 1 aliphatic carbocycles. The van der Waals surface area contributed by atoms with Crippen LogP contribution in [-0.4, -0.2) is 30.2 Å². The van der Waals surface area contributed by atoms with E-state index >= 15 is 0 Å². The highest BCUT2D eigenvalue weighted by Crippen LogP contribution is 2.27. The molecule has 2 N–H and O–H groups in total. The van der Waals surface area contributed by atoms with Crippen LogP contribution in [0.4, 0.5) is 5.69 Å². The van der Waals surface area contributed by atoms with Gasteiger partial charge in [-0.05, 0) is 36.8 Å². The maximum Gasteiger partial charge on any atom is 0.354 e. The van der Waals surface area contributed by atoms with Crippen molar-refractivity contribution >= 4 is 23.3 Å². The molecule has 1 aliphatic heterocycles. The summed E-state index contributed by atoms with van der Waals surface area (Å²) in [6.07, 6.45) is 6.39. The Morgan fingerprint density at radius 3 is 2.64 bits per heavy atom. The summed E-state index contributed by atoms with van der Waals surface area (Å²) in [4.78, 5) is 24.1. The van der Waals surface area contributed by atoms with Gasteiger partial charge in [-0.15, -0.1) is 0 Å². The van der Waals surface area contributed by atoms with E-state index in [0.29, 0.717) is 18.4 Å². The molecule has 0 fully saturated rings. The van der Waals surface area contributed by atoms with E-state index in [1.54, 1.807) is 0 Å². The number of nitrogens with zero attached hydrogens (tertiary/aromatic N) is 2. The lowest BCUT2D eigenvalue weighted by atomic mass is 9.85. The Hall–Kier alpha value is -2.63. The zero-order chi connectivity index (χ0) is 17.8. The highest BCUT2D eigenvalue weighted by molar-refractivity contribution is 6.38. The van der Waals surface area contributed by atoms with E-state index in [2.05, 4.69) is 24.2 Å². The number of hydrogen-bond donors (Lipinski definition) is 1. The maximum absolute atomic E-state index is 12.4. The molecule has 1 aromatic carbocycles. The normalized spacial score (nSPS) is 25.6. The van der Waals surface area contributed by atoms with Gasteiger partial charge in [0.15, 0.2) is 0 Å². The van der Waals surface area contributed by atoms with Crippen LogP contribution in [0, 0.1) is 11.8 Å². The lowest BCUT2D eigenvalue weighted by Gasteiger charge is -2.24. The zero-order valence-corrected chi connectivity index (χ0v) is 14.3. The molecule has 0 saturated heterocycles. The predicted octanol–water partition coefficient (Wildman–Crippen LogP) is 2.25. The van der Waals surface area contributed by atoms with Crippen molar-refractivity contribution in [2.24, 2.45) is 22.7 Å². The third-order valence-electron chi connectivity index (χ3n) is 4.84. The minimum Gasteiger partial charge on any atom is -0.461 e. The summed E-state index contributed by atoms with van der Waals surface area (Å²) in [6.45, 7) is 2.53. The van der Waals surface area contributed by atoms with Gasteiger partial charge in [0, 0.05) is 6.42 Å². The Morgan fingerprint density at radius 2 is 1.96 bits per heavy atom. The summed E-state index contributed by atoms with van der Waals surface area (Å²) in [5.41, 5.74) is 6.45. The molecule has 2 aliphatic rings. The van der Waals surface area contributed by atoms with Gasteiger partial charge < -0.3 is 10.5 Å². The highest BCUT2D eigenvalue weighted by atomic mass is 16.5. The first-order chi connectivity index (χ1) is 12.1. The van der Waals surface area contributed by atoms with Gasteiger partial charge in [0.05, 0.1) is 12.3 Å². The number of amides is 1. The second-order valence-corrected chi connectivity index (χ2v) is 6.63. The number of rotatable bonds is 5. The Bertz CT molecular complexity index is 699. The minimum atomic E-state index is -0.665. The Labute approximate surface area is 147 Å². The average Bonchev–Trinajstić information content (AvgIpc) is 3.07. The number of carbonyl (C=O) groups excluding carboxylic acids is 2. The molecule has 3 rings (SSSR count). The standard InChI is InChI=1S/C19H23N3O3/c1-13-7-5-6-8-14(13)12-25-19(24)16-11-17(18(20)23)22(21-16)15-9-3-2-4-10-15/h2-6,9-10,13-14,17H,7-8,11-12H2,1H3,(H2,20,23)/t13-,14-,17-/m1/s1. The fourth-order valence-corrected chi connectivity index (χ4v) is 3.18. The first-order valence-electron chi connectivity index (χ1n) is 8.59. The number of esters is 1. The summed E-state index contributed by atoms with van der Waals surface area (Å²) in [5, 5.41) is 5.81. The SMILES string of the molecule is C[C@@H]1CC=CC[C@@H]1COC(=O)C1=NN(c2ccccc2)[C@@H](C(N)=O)C1. The number of anilines is 1. The van der Waals surface area contributed by atoms with Crippen LogP contribution >= 0.6 is 0 Å². The van der Waals surface area contributed by atoms with Crippen LogP contribution in [0.5, 0.6) is 0 Å². The third kappa shape index (κ3) is 3.90. The number of para-hydroxylation sites is 1. The number of hydrogen-bond acceptors (Lipinski definition) is 5. The van der Waals surface area contributed by atoms with E-state index in [0.717, 1.165) is 18.5 Å². The second kappa shape index (κ2) is 7.51. The Kier molecular flexibility index (Phi) is 5.16. The van der Waals surface area contributed by atoms with Crippen molar-refractivity contribution < 1.29 is 14.3 Å². The smallest absolute Gasteiger partial charge is 0.354 e. The number of ether oxygens (including phenoxy) is 1. The van der Waals surface area contributed by atoms with Crippen LogP contribution < -0.4 is 10.7 Å². The van der Waals surface area contributed by atoms with E-state index in [1.165, 1.54) is 5.01 Å². The van der Waals surface area contributed by atoms with E-state index in [1.807, 2.05) is 30.3 Å². The van der Waals surface area contributed by atoms with Crippen LogP contribution in [-0.2, 0) is 14.3 Å². The molecule has 1 aromatic rings. The molecule has 1 amide bonds. The molecule has 0 bridgehead atoms. The first-order valence-corrected chi connectivity index (χ1v) is 8.59. The Morgan fingerprint density at radius 1 is 1.24 bits per heavy atom. The molecule has 6 heteroatoms. The lowest BCUT2D eigenvalue weighted by Crippen LogP contribution is -2.39. The molecule has 0 aromatic heterocycles. The van der Waals surface area contributed by atoms with Crippen molar-refractivity contribution in [2.45, 2.75) is 32.2 Å². The highest BCUT2D eigenvalue weighted by Gasteiger charge is 2.36. The van der Waals surface area contributed by atoms with E-state index in [9.17, 15) is 9.59 Å². The van der Waals surface area contributed by atoms with Gasteiger partial charge in [0.25, 0.3) is 0 Å². The number of benzene rings is 1. The summed E-state index contributed by atoms with van der Waals surface area (Å²) in [7, 11) is 0. The molecular formula is C19H23N3O3. The fraction of sp³-hybridized carbons (Fsp3) is 0.421.